The lowest BCUT2D eigenvalue weighted by atomic mass is 10.1. The first-order chi connectivity index (χ1) is 5.83. The second kappa shape index (κ2) is 4.44. The first kappa shape index (κ1) is 8.65. The lowest BCUT2D eigenvalue weighted by Gasteiger charge is -1.96. The summed E-state index contributed by atoms with van der Waals surface area (Å²) in [5, 5.41) is 0. The molecule has 0 aliphatic rings. The molecule has 0 saturated heterocycles. The molecule has 1 aromatic rings. The first-order valence-electron chi connectivity index (χ1n) is 3.84. The molecule has 0 amide bonds. The van der Waals surface area contributed by atoms with Crippen LogP contribution < -0.4 is 0 Å². The van der Waals surface area contributed by atoms with Crippen molar-refractivity contribution in [3.63, 3.8) is 0 Å². The van der Waals surface area contributed by atoms with E-state index in [-0.39, 0.29) is 5.78 Å². The smallest absolute Gasteiger partial charge is 0.141 e. The van der Waals surface area contributed by atoms with Gasteiger partial charge in [0, 0.05) is 25.2 Å². The van der Waals surface area contributed by atoms with Crippen LogP contribution in [0.25, 0.3) is 0 Å². The topological polar surface area (TPSA) is 30.0 Å². The zero-order chi connectivity index (χ0) is 8.81. The maximum atomic E-state index is 11.1. The van der Waals surface area contributed by atoms with Crippen LogP contribution in [-0.4, -0.2) is 10.8 Å². The SMILES string of the molecule is C=CCC(=O)Cc1cccnc1. The molecule has 1 rings (SSSR count). The summed E-state index contributed by atoms with van der Waals surface area (Å²) in [5.74, 6) is 0.179. The van der Waals surface area contributed by atoms with E-state index >= 15 is 0 Å². The molecule has 1 aromatic heterocycles. The fourth-order valence-corrected chi connectivity index (χ4v) is 0.964. The maximum absolute atomic E-state index is 11.1. The summed E-state index contributed by atoms with van der Waals surface area (Å²) in [6.07, 6.45) is 5.93. The zero-order valence-corrected chi connectivity index (χ0v) is 6.86. The number of Topliss-reactive ketones (excluding diaryl/α,β-unsaturated/α-hetero) is 1. The average molecular weight is 161 g/mol. The van der Waals surface area contributed by atoms with Crippen LogP contribution in [-0.2, 0) is 11.2 Å². The molecule has 0 spiro atoms. The van der Waals surface area contributed by atoms with Crippen molar-refractivity contribution >= 4 is 5.78 Å². The van der Waals surface area contributed by atoms with Crippen molar-refractivity contribution in [2.75, 3.05) is 0 Å². The third-order valence-electron chi connectivity index (χ3n) is 1.50. The molecule has 0 saturated carbocycles. The molecule has 2 heteroatoms. The van der Waals surface area contributed by atoms with E-state index in [1.165, 1.54) is 0 Å². The molecule has 0 bridgehead atoms. The number of pyridine rings is 1. The van der Waals surface area contributed by atoms with Crippen LogP contribution in [0.1, 0.15) is 12.0 Å². The minimum Gasteiger partial charge on any atom is -0.299 e. The first-order valence-corrected chi connectivity index (χ1v) is 3.84. The van der Waals surface area contributed by atoms with E-state index in [0.717, 1.165) is 5.56 Å². The second-order valence-electron chi connectivity index (χ2n) is 2.57. The molecular weight excluding hydrogens is 150 g/mol. The molecule has 0 N–H and O–H groups in total. The van der Waals surface area contributed by atoms with Crippen LogP contribution in [0.4, 0.5) is 0 Å². The van der Waals surface area contributed by atoms with E-state index in [4.69, 9.17) is 0 Å². The number of hydrogen-bond donors (Lipinski definition) is 0. The van der Waals surface area contributed by atoms with Crippen LogP contribution in [0.2, 0.25) is 0 Å². The van der Waals surface area contributed by atoms with E-state index in [2.05, 4.69) is 11.6 Å². The molecule has 12 heavy (non-hydrogen) atoms. The van der Waals surface area contributed by atoms with Gasteiger partial charge in [-0.25, -0.2) is 0 Å². The van der Waals surface area contributed by atoms with E-state index in [9.17, 15) is 4.79 Å². The van der Waals surface area contributed by atoms with Gasteiger partial charge in [-0.2, -0.15) is 0 Å². The van der Waals surface area contributed by atoms with Crippen LogP contribution in [0.3, 0.4) is 0 Å². The number of hydrogen-bond acceptors (Lipinski definition) is 2. The Bertz CT molecular complexity index is 266. The summed E-state index contributed by atoms with van der Waals surface area (Å²) in [6, 6.07) is 3.73. The third-order valence-corrected chi connectivity index (χ3v) is 1.50. The second-order valence-corrected chi connectivity index (χ2v) is 2.57. The van der Waals surface area contributed by atoms with Crippen LogP contribution in [0.15, 0.2) is 37.2 Å². The Morgan fingerprint density at radius 1 is 1.67 bits per heavy atom. The van der Waals surface area contributed by atoms with Crippen molar-refractivity contribution < 1.29 is 4.79 Å². The van der Waals surface area contributed by atoms with Gasteiger partial charge in [-0.05, 0) is 11.6 Å². The summed E-state index contributed by atoms with van der Waals surface area (Å²) in [6.45, 7) is 3.51. The molecule has 0 aromatic carbocycles. The normalized spacial score (nSPS) is 9.33. The van der Waals surface area contributed by atoms with Crippen LogP contribution in [0, 0.1) is 0 Å². The van der Waals surface area contributed by atoms with Gasteiger partial charge in [-0.1, -0.05) is 12.1 Å². The zero-order valence-electron chi connectivity index (χ0n) is 6.86. The van der Waals surface area contributed by atoms with Gasteiger partial charge in [-0.3, -0.25) is 9.78 Å². The minimum absolute atomic E-state index is 0.179. The Morgan fingerprint density at radius 3 is 3.08 bits per heavy atom. The molecule has 0 atom stereocenters. The van der Waals surface area contributed by atoms with Crippen LogP contribution >= 0.6 is 0 Å². The highest BCUT2D eigenvalue weighted by molar-refractivity contribution is 5.81. The largest absolute Gasteiger partial charge is 0.299 e. The van der Waals surface area contributed by atoms with Crippen molar-refractivity contribution in [2.45, 2.75) is 12.8 Å². The molecule has 0 aliphatic carbocycles. The molecule has 0 radical (unpaired) electrons. The quantitative estimate of drug-likeness (QED) is 0.630. The Balaban J connectivity index is 2.52. The number of ketones is 1. The van der Waals surface area contributed by atoms with Gasteiger partial charge >= 0.3 is 0 Å². The highest BCUT2D eigenvalue weighted by Crippen LogP contribution is 1.99. The summed E-state index contributed by atoms with van der Waals surface area (Å²) in [5.41, 5.74) is 0.962. The fraction of sp³-hybridized carbons (Fsp3) is 0.200. The number of aromatic nitrogens is 1. The lowest BCUT2D eigenvalue weighted by Crippen LogP contribution is -2.00. The highest BCUT2D eigenvalue weighted by atomic mass is 16.1. The number of carbonyl (C=O) groups is 1. The molecule has 0 unspecified atom stereocenters. The molecule has 2 nitrogen and oxygen atoms in total. The number of nitrogens with zero attached hydrogens (tertiary/aromatic N) is 1. The van der Waals surface area contributed by atoms with Gasteiger partial charge in [-0.15, -0.1) is 6.58 Å². The molecule has 0 fully saturated rings. The van der Waals surface area contributed by atoms with Crippen molar-refractivity contribution in [1.82, 2.24) is 4.98 Å². The average Bonchev–Trinajstić information content (AvgIpc) is 2.06. The molecular formula is C10H11NO. The summed E-state index contributed by atoms with van der Waals surface area (Å²) < 4.78 is 0. The van der Waals surface area contributed by atoms with Crippen molar-refractivity contribution in [1.29, 1.82) is 0 Å². The summed E-state index contributed by atoms with van der Waals surface area (Å²) in [4.78, 5) is 15.0. The number of rotatable bonds is 4. The van der Waals surface area contributed by atoms with E-state index in [0.29, 0.717) is 12.8 Å². The number of carbonyl (C=O) groups excluding carboxylic acids is 1. The van der Waals surface area contributed by atoms with Gasteiger partial charge in [0.2, 0.25) is 0 Å². The number of allylic oxidation sites excluding steroid dienone is 1. The van der Waals surface area contributed by atoms with Gasteiger partial charge in [0.1, 0.15) is 5.78 Å². The molecule has 1 heterocycles. The summed E-state index contributed by atoms with van der Waals surface area (Å²) >= 11 is 0. The predicted molar refractivity (Wildman–Crippen MR) is 47.8 cm³/mol. The van der Waals surface area contributed by atoms with Gasteiger partial charge < -0.3 is 0 Å². The Morgan fingerprint density at radius 2 is 2.50 bits per heavy atom. The highest BCUT2D eigenvalue weighted by Gasteiger charge is 1.99. The van der Waals surface area contributed by atoms with Gasteiger partial charge in [0.25, 0.3) is 0 Å². The van der Waals surface area contributed by atoms with E-state index in [1.807, 2.05) is 12.1 Å². The third kappa shape index (κ3) is 2.66. The van der Waals surface area contributed by atoms with Crippen LogP contribution in [0.5, 0.6) is 0 Å². The minimum atomic E-state index is 0.179. The molecule has 62 valence electrons. The van der Waals surface area contributed by atoms with Crippen molar-refractivity contribution in [3.8, 4) is 0 Å². The predicted octanol–water partition coefficient (Wildman–Crippen LogP) is 1.77. The summed E-state index contributed by atoms with van der Waals surface area (Å²) in [7, 11) is 0. The van der Waals surface area contributed by atoms with E-state index < -0.39 is 0 Å². The van der Waals surface area contributed by atoms with Crippen molar-refractivity contribution in [3.05, 3.63) is 42.7 Å². The van der Waals surface area contributed by atoms with Gasteiger partial charge in [0.05, 0.1) is 0 Å². The van der Waals surface area contributed by atoms with E-state index in [1.54, 1.807) is 18.5 Å². The lowest BCUT2D eigenvalue weighted by molar-refractivity contribution is -0.117. The maximum Gasteiger partial charge on any atom is 0.141 e. The fourth-order valence-electron chi connectivity index (χ4n) is 0.964. The Hall–Kier alpha value is -1.44. The van der Waals surface area contributed by atoms with Gasteiger partial charge in [0.15, 0.2) is 0 Å². The monoisotopic (exact) mass is 161 g/mol. The Labute approximate surface area is 71.9 Å². The van der Waals surface area contributed by atoms with Crippen molar-refractivity contribution in [2.24, 2.45) is 0 Å². The molecule has 0 aliphatic heterocycles. The Kier molecular flexibility index (Phi) is 3.20. The standard InChI is InChI=1S/C10H11NO/c1-2-4-10(12)7-9-5-3-6-11-8-9/h2-3,5-6,8H,1,4,7H2.